The van der Waals surface area contributed by atoms with E-state index in [0.29, 0.717) is 5.22 Å². The van der Waals surface area contributed by atoms with E-state index in [0.717, 1.165) is 16.7 Å². The van der Waals surface area contributed by atoms with Crippen LogP contribution in [0.2, 0.25) is 0 Å². The van der Waals surface area contributed by atoms with Crippen LogP contribution in [0.5, 0.6) is 0 Å². The van der Waals surface area contributed by atoms with Gasteiger partial charge in [0.25, 0.3) is 5.22 Å². The smallest absolute Gasteiger partial charge is 0.261 e. The van der Waals surface area contributed by atoms with Crippen molar-refractivity contribution in [1.29, 1.82) is 0 Å². The molecule has 0 aromatic carbocycles. The number of anilines is 1. The molecule has 0 spiro atoms. The van der Waals surface area contributed by atoms with Crippen molar-refractivity contribution in [3.8, 4) is 0 Å². The van der Waals surface area contributed by atoms with Crippen LogP contribution in [0.4, 0.5) is 5.82 Å². The zero-order chi connectivity index (χ0) is 13.2. The molecule has 96 valence electrons. The van der Waals surface area contributed by atoms with Gasteiger partial charge in [0.05, 0.1) is 6.20 Å². The highest BCUT2D eigenvalue weighted by Crippen LogP contribution is 2.28. The zero-order valence-corrected chi connectivity index (χ0v) is 11.7. The van der Waals surface area contributed by atoms with Crippen molar-refractivity contribution in [3.05, 3.63) is 24.4 Å². The third-order valence-electron chi connectivity index (χ3n) is 2.23. The molecule has 1 N–H and O–H groups in total. The number of nitrogens with one attached hydrogen (secondary N) is 1. The molecule has 0 bridgehead atoms. The van der Waals surface area contributed by atoms with E-state index in [1.807, 2.05) is 13.1 Å². The summed E-state index contributed by atoms with van der Waals surface area (Å²) in [6.45, 7) is 6.25. The van der Waals surface area contributed by atoms with E-state index in [1.54, 1.807) is 12.5 Å². The Hall–Kier alpha value is -1.56. The minimum atomic E-state index is -0.0984. The molecule has 0 saturated heterocycles. The summed E-state index contributed by atoms with van der Waals surface area (Å²) in [5, 5.41) is 4.44. The average molecular weight is 264 g/mol. The highest BCUT2D eigenvalue weighted by Gasteiger charge is 2.19. The van der Waals surface area contributed by atoms with Gasteiger partial charge in [-0.25, -0.2) is 15.0 Å². The van der Waals surface area contributed by atoms with Gasteiger partial charge in [0.15, 0.2) is 0 Å². The number of oxazole rings is 1. The average Bonchev–Trinajstić information content (AvgIpc) is 2.80. The van der Waals surface area contributed by atoms with Crippen molar-refractivity contribution in [2.24, 2.45) is 0 Å². The van der Waals surface area contributed by atoms with Gasteiger partial charge in [-0.2, -0.15) is 0 Å². The van der Waals surface area contributed by atoms with E-state index in [9.17, 15) is 0 Å². The molecule has 0 atom stereocenters. The van der Waals surface area contributed by atoms with Crippen LogP contribution in [0.15, 0.2) is 33.2 Å². The predicted octanol–water partition coefficient (Wildman–Crippen LogP) is 2.96. The van der Waals surface area contributed by atoms with Crippen LogP contribution in [-0.4, -0.2) is 22.0 Å². The third kappa shape index (κ3) is 3.01. The topological polar surface area (TPSA) is 63.8 Å². The van der Waals surface area contributed by atoms with Gasteiger partial charge in [-0.1, -0.05) is 20.8 Å². The summed E-state index contributed by atoms with van der Waals surface area (Å²) in [6.07, 6.45) is 3.17. The minimum Gasteiger partial charge on any atom is -0.440 e. The van der Waals surface area contributed by atoms with Crippen LogP contribution < -0.4 is 5.32 Å². The monoisotopic (exact) mass is 264 g/mol. The van der Waals surface area contributed by atoms with Crippen LogP contribution in [0.1, 0.15) is 26.6 Å². The number of nitrogens with zero attached hydrogens (tertiary/aromatic N) is 3. The first kappa shape index (κ1) is 12.9. The molecule has 2 aromatic heterocycles. The Balaban J connectivity index is 2.35. The second kappa shape index (κ2) is 4.97. The predicted molar refractivity (Wildman–Crippen MR) is 70.9 cm³/mol. The quantitative estimate of drug-likeness (QED) is 0.860. The molecule has 6 heteroatoms. The summed E-state index contributed by atoms with van der Waals surface area (Å²) in [4.78, 5) is 13.1. The number of aromatic nitrogens is 3. The van der Waals surface area contributed by atoms with Crippen molar-refractivity contribution >= 4 is 17.6 Å². The van der Waals surface area contributed by atoms with E-state index < -0.39 is 0 Å². The molecule has 2 heterocycles. The highest BCUT2D eigenvalue weighted by atomic mass is 32.2. The fourth-order valence-corrected chi connectivity index (χ4v) is 1.99. The summed E-state index contributed by atoms with van der Waals surface area (Å²) in [6, 6.07) is 1.88. The number of hydrogen-bond acceptors (Lipinski definition) is 6. The van der Waals surface area contributed by atoms with Gasteiger partial charge in [-0.3, -0.25) is 0 Å². The summed E-state index contributed by atoms with van der Waals surface area (Å²) >= 11 is 1.39. The second-order valence-corrected chi connectivity index (χ2v) is 5.79. The Morgan fingerprint density at radius 1 is 1.28 bits per heavy atom. The molecule has 18 heavy (non-hydrogen) atoms. The molecule has 0 amide bonds. The van der Waals surface area contributed by atoms with Crippen LogP contribution in [0, 0.1) is 0 Å². The van der Waals surface area contributed by atoms with E-state index >= 15 is 0 Å². The van der Waals surface area contributed by atoms with E-state index in [2.05, 4.69) is 41.0 Å². The van der Waals surface area contributed by atoms with Gasteiger partial charge in [0, 0.05) is 18.5 Å². The molecule has 0 radical (unpaired) electrons. The van der Waals surface area contributed by atoms with Gasteiger partial charge in [-0.05, 0) is 11.8 Å². The van der Waals surface area contributed by atoms with Gasteiger partial charge in [0.1, 0.15) is 22.9 Å². The summed E-state index contributed by atoms with van der Waals surface area (Å²) in [7, 11) is 1.84. The molecule has 2 rings (SSSR count). The molecule has 2 aromatic rings. The standard InChI is InChI=1S/C12H16N4OS/c1-12(2,3)10-15-8(13-4)7-9(16-10)18-11-14-5-6-17-11/h5-7H,1-4H3,(H,13,15,16). The summed E-state index contributed by atoms with van der Waals surface area (Å²) < 4.78 is 5.21. The van der Waals surface area contributed by atoms with Crippen molar-refractivity contribution in [1.82, 2.24) is 15.0 Å². The second-order valence-electron chi connectivity index (χ2n) is 4.82. The Labute approximate surface area is 110 Å². The number of hydrogen-bond donors (Lipinski definition) is 1. The van der Waals surface area contributed by atoms with E-state index in [4.69, 9.17) is 4.42 Å². The first-order valence-electron chi connectivity index (χ1n) is 5.63. The van der Waals surface area contributed by atoms with Gasteiger partial charge in [-0.15, -0.1) is 0 Å². The highest BCUT2D eigenvalue weighted by molar-refractivity contribution is 7.99. The molecule has 5 nitrogen and oxygen atoms in total. The fraction of sp³-hybridized carbons (Fsp3) is 0.417. The molecule has 0 aliphatic carbocycles. The molecule has 0 saturated carbocycles. The Morgan fingerprint density at radius 2 is 2.06 bits per heavy atom. The lowest BCUT2D eigenvalue weighted by Crippen LogP contribution is -2.17. The summed E-state index contributed by atoms with van der Waals surface area (Å²) in [5.41, 5.74) is -0.0984. The normalized spacial score (nSPS) is 11.6. The third-order valence-corrected chi connectivity index (χ3v) is 3.03. The molecular weight excluding hydrogens is 248 g/mol. The Kier molecular flexibility index (Phi) is 3.56. The maximum absolute atomic E-state index is 5.21. The van der Waals surface area contributed by atoms with Gasteiger partial charge in [0.2, 0.25) is 0 Å². The largest absolute Gasteiger partial charge is 0.440 e. The first-order valence-corrected chi connectivity index (χ1v) is 6.45. The van der Waals surface area contributed by atoms with Crippen molar-refractivity contribution in [2.75, 3.05) is 12.4 Å². The Bertz CT molecular complexity index is 519. The van der Waals surface area contributed by atoms with Gasteiger partial charge >= 0.3 is 0 Å². The zero-order valence-electron chi connectivity index (χ0n) is 10.9. The molecule has 0 unspecified atom stereocenters. The molecular formula is C12H16N4OS. The van der Waals surface area contributed by atoms with Crippen LogP contribution in [0.3, 0.4) is 0 Å². The first-order chi connectivity index (χ1) is 8.49. The fourth-order valence-electron chi connectivity index (χ4n) is 1.29. The van der Waals surface area contributed by atoms with Crippen LogP contribution in [-0.2, 0) is 5.41 Å². The van der Waals surface area contributed by atoms with E-state index in [-0.39, 0.29) is 5.41 Å². The Morgan fingerprint density at radius 3 is 2.61 bits per heavy atom. The van der Waals surface area contributed by atoms with E-state index in [1.165, 1.54) is 11.8 Å². The number of rotatable bonds is 3. The van der Waals surface area contributed by atoms with Crippen LogP contribution >= 0.6 is 11.8 Å². The molecule has 0 fully saturated rings. The minimum absolute atomic E-state index is 0.0984. The lowest BCUT2D eigenvalue weighted by Gasteiger charge is -2.17. The van der Waals surface area contributed by atoms with Crippen molar-refractivity contribution in [3.63, 3.8) is 0 Å². The lowest BCUT2D eigenvalue weighted by atomic mass is 9.96. The molecule has 0 aliphatic rings. The SMILES string of the molecule is CNc1cc(Sc2ncco2)nc(C(C)(C)C)n1. The van der Waals surface area contributed by atoms with Crippen molar-refractivity contribution in [2.45, 2.75) is 36.4 Å². The van der Waals surface area contributed by atoms with Gasteiger partial charge < -0.3 is 9.73 Å². The lowest BCUT2D eigenvalue weighted by molar-refractivity contribution is 0.453. The maximum Gasteiger partial charge on any atom is 0.261 e. The van der Waals surface area contributed by atoms with Crippen LogP contribution in [0.25, 0.3) is 0 Å². The molecule has 0 aliphatic heterocycles. The van der Waals surface area contributed by atoms with Crippen molar-refractivity contribution < 1.29 is 4.42 Å². The summed E-state index contributed by atoms with van der Waals surface area (Å²) in [5.74, 6) is 1.59. The maximum atomic E-state index is 5.21.